The van der Waals surface area contributed by atoms with Crippen LogP contribution in [0, 0.1) is 0 Å². The van der Waals surface area contributed by atoms with E-state index >= 15 is 0 Å². The highest BCUT2D eigenvalue weighted by molar-refractivity contribution is 7.89. The number of primary sulfonamides is 1. The second kappa shape index (κ2) is 9.04. The summed E-state index contributed by atoms with van der Waals surface area (Å²) < 4.78 is 70.2. The van der Waals surface area contributed by atoms with Gasteiger partial charge in [-0.3, -0.25) is 0 Å². The van der Waals surface area contributed by atoms with E-state index in [-0.39, 0.29) is 18.6 Å². The van der Waals surface area contributed by atoms with Gasteiger partial charge in [0.2, 0.25) is 10.0 Å². The molecule has 0 amide bonds. The standard InChI is InChI=1S/C17H22F3N7O3S/c1-30-8-11-6-9(7-23-15(11)21)2-3-10-4-5-12(17(18,19)20)14(31(22,28)29)13(10)16-24-26-27-25-16/h4-7,16,24-27H,2-3,8H2,1H3,(H2,21,23)(H2,22,28,29). The zero-order valence-corrected chi connectivity index (χ0v) is 17.2. The summed E-state index contributed by atoms with van der Waals surface area (Å²) in [5.41, 5.74) is 16.3. The first-order valence-corrected chi connectivity index (χ1v) is 10.6. The molecule has 0 bridgehead atoms. The molecule has 1 aliphatic rings. The maximum Gasteiger partial charge on any atom is 0.417 e. The summed E-state index contributed by atoms with van der Waals surface area (Å²) >= 11 is 0. The fraction of sp³-hybridized carbons (Fsp3) is 0.353. The lowest BCUT2D eigenvalue weighted by Gasteiger charge is -2.22. The van der Waals surface area contributed by atoms with Gasteiger partial charge in [-0.15, -0.1) is 0 Å². The summed E-state index contributed by atoms with van der Waals surface area (Å²) in [6.45, 7) is 0.251. The number of rotatable bonds is 7. The molecule has 0 unspecified atom stereocenters. The number of hydrogen-bond acceptors (Lipinski definition) is 9. The molecule has 0 atom stereocenters. The molecule has 1 aromatic carbocycles. The van der Waals surface area contributed by atoms with Crippen LogP contribution in [0.4, 0.5) is 19.0 Å². The first-order valence-electron chi connectivity index (χ1n) is 9.01. The molecule has 170 valence electrons. The SMILES string of the molecule is COCc1cc(CCc2ccc(C(F)(F)F)c(S(N)(=O)=O)c2C2NNNN2)cnc1N. The van der Waals surface area contributed by atoms with Gasteiger partial charge in [0.25, 0.3) is 0 Å². The molecular weight excluding hydrogens is 439 g/mol. The Labute approximate surface area is 176 Å². The van der Waals surface area contributed by atoms with Crippen LogP contribution in [0.3, 0.4) is 0 Å². The van der Waals surface area contributed by atoms with Gasteiger partial charge in [-0.1, -0.05) is 6.07 Å². The minimum Gasteiger partial charge on any atom is -0.383 e. The van der Waals surface area contributed by atoms with E-state index < -0.39 is 32.8 Å². The molecule has 14 heteroatoms. The fourth-order valence-electron chi connectivity index (χ4n) is 3.36. The summed E-state index contributed by atoms with van der Waals surface area (Å²) in [4.78, 5) is 3.12. The molecule has 3 rings (SSSR count). The minimum atomic E-state index is -4.91. The molecule has 1 aliphatic heterocycles. The van der Waals surface area contributed by atoms with Crippen molar-refractivity contribution in [2.75, 3.05) is 12.8 Å². The van der Waals surface area contributed by atoms with Gasteiger partial charge in [-0.05, 0) is 36.1 Å². The Bertz CT molecular complexity index is 1060. The van der Waals surface area contributed by atoms with Crippen molar-refractivity contribution in [1.82, 2.24) is 26.9 Å². The topological polar surface area (TPSA) is 156 Å². The van der Waals surface area contributed by atoms with Crippen molar-refractivity contribution in [3.05, 3.63) is 52.2 Å². The Morgan fingerprint density at radius 3 is 2.42 bits per heavy atom. The number of methoxy groups -OCH3 is 1. The molecule has 31 heavy (non-hydrogen) atoms. The molecule has 1 aromatic heterocycles. The molecule has 2 aromatic rings. The average molecular weight is 461 g/mol. The number of nitrogens with zero attached hydrogens (tertiary/aromatic N) is 1. The summed E-state index contributed by atoms with van der Waals surface area (Å²) in [5, 5.41) is 5.21. The van der Waals surface area contributed by atoms with Crippen molar-refractivity contribution in [3.63, 3.8) is 0 Å². The average Bonchev–Trinajstić information content (AvgIpc) is 3.21. The zero-order chi connectivity index (χ0) is 22.8. The van der Waals surface area contributed by atoms with Crippen LogP contribution in [-0.4, -0.2) is 20.5 Å². The van der Waals surface area contributed by atoms with Gasteiger partial charge in [0.15, 0.2) is 0 Å². The van der Waals surface area contributed by atoms with Gasteiger partial charge < -0.3 is 10.5 Å². The predicted octanol–water partition coefficient (Wildman–Crippen LogP) is 0.377. The Balaban J connectivity index is 2.05. The lowest BCUT2D eigenvalue weighted by molar-refractivity contribution is -0.140. The minimum absolute atomic E-state index is 0.129. The van der Waals surface area contributed by atoms with Crippen LogP contribution in [0.25, 0.3) is 0 Å². The fourth-order valence-corrected chi connectivity index (χ4v) is 4.40. The maximum absolute atomic E-state index is 13.6. The van der Waals surface area contributed by atoms with E-state index in [2.05, 4.69) is 26.9 Å². The van der Waals surface area contributed by atoms with Crippen LogP contribution in [-0.2, 0) is 40.4 Å². The molecule has 1 saturated heterocycles. The summed E-state index contributed by atoms with van der Waals surface area (Å²) in [6.07, 6.45) is -3.77. The van der Waals surface area contributed by atoms with Crippen LogP contribution in [0.5, 0.6) is 0 Å². The van der Waals surface area contributed by atoms with E-state index in [0.29, 0.717) is 23.4 Å². The quantitative estimate of drug-likeness (QED) is 0.343. The predicted molar refractivity (Wildman–Crippen MR) is 105 cm³/mol. The first kappa shape index (κ1) is 23.3. The van der Waals surface area contributed by atoms with Crippen LogP contribution in [0.15, 0.2) is 29.3 Å². The third-order valence-electron chi connectivity index (χ3n) is 4.70. The van der Waals surface area contributed by atoms with Crippen molar-refractivity contribution in [3.8, 4) is 0 Å². The molecule has 10 nitrogen and oxygen atoms in total. The lowest BCUT2D eigenvalue weighted by atomic mass is 9.96. The van der Waals surface area contributed by atoms with Crippen molar-refractivity contribution in [2.24, 2.45) is 5.14 Å². The number of aryl methyl sites for hydroxylation is 2. The number of ether oxygens (including phenoxy) is 1. The van der Waals surface area contributed by atoms with Gasteiger partial charge in [-0.25, -0.2) is 29.4 Å². The summed E-state index contributed by atoms with van der Waals surface area (Å²) in [5.74, 6) is 0.314. The Morgan fingerprint density at radius 2 is 1.84 bits per heavy atom. The smallest absolute Gasteiger partial charge is 0.383 e. The number of alkyl halides is 3. The van der Waals surface area contributed by atoms with E-state index in [1.807, 2.05) is 0 Å². The molecule has 1 fully saturated rings. The van der Waals surface area contributed by atoms with E-state index in [9.17, 15) is 21.6 Å². The largest absolute Gasteiger partial charge is 0.417 e. The van der Waals surface area contributed by atoms with Gasteiger partial charge in [0, 0.05) is 24.4 Å². The van der Waals surface area contributed by atoms with Crippen molar-refractivity contribution < 1.29 is 26.3 Å². The Kier molecular flexibility index (Phi) is 6.80. The van der Waals surface area contributed by atoms with Gasteiger partial charge in [0.05, 0.1) is 12.2 Å². The van der Waals surface area contributed by atoms with Crippen LogP contribution < -0.4 is 32.8 Å². The van der Waals surface area contributed by atoms with Crippen molar-refractivity contribution in [2.45, 2.75) is 36.7 Å². The van der Waals surface area contributed by atoms with Crippen LogP contribution >= 0.6 is 0 Å². The Hall–Kier alpha value is -2.33. The molecular formula is C17H22F3N7O3S. The second-order valence-electron chi connectivity index (χ2n) is 6.85. The highest BCUT2D eigenvalue weighted by atomic mass is 32.2. The number of anilines is 1. The highest BCUT2D eigenvalue weighted by Crippen LogP contribution is 2.38. The number of pyridine rings is 1. The third-order valence-corrected chi connectivity index (χ3v) is 5.71. The van der Waals surface area contributed by atoms with Gasteiger partial charge in [0.1, 0.15) is 16.9 Å². The van der Waals surface area contributed by atoms with Crippen molar-refractivity contribution >= 4 is 15.8 Å². The number of sulfonamides is 1. The normalized spacial score (nSPS) is 15.5. The third kappa shape index (κ3) is 5.30. The monoisotopic (exact) mass is 461 g/mol. The number of hydrazine groups is 3. The maximum atomic E-state index is 13.6. The molecule has 8 N–H and O–H groups in total. The number of halogens is 3. The Morgan fingerprint density at radius 1 is 1.16 bits per heavy atom. The number of nitrogens with one attached hydrogen (secondary N) is 4. The van der Waals surface area contributed by atoms with E-state index in [1.165, 1.54) is 13.2 Å². The van der Waals surface area contributed by atoms with E-state index in [1.54, 1.807) is 12.3 Å². The molecule has 0 saturated carbocycles. The van der Waals surface area contributed by atoms with Crippen LogP contribution in [0.1, 0.15) is 34.0 Å². The first-order chi connectivity index (χ1) is 14.5. The lowest BCUT2D eigenvalue weighted by Crippen LogP contribution is -2.33. The molecule has 2 heterocycles. The molecule has 0 aliphatic carbocycles. The number of nitrogen functional groups attached to an aromatic ring is 1. The number of benzene rings is 1. The zero-order valence-electron chi connectivity index (χ0n) is 16.4. The molecule has 0 radical (unpaired) electrons. The van der Waals surface area contributed by atoms with E-state index in [4.69, 9.17) is 15.6 Å². The van der Waals surface area contributed by atoms with Gasteiger partial charge in [-0.2, -0.15) is 24.2 Å². The van der Waals surface area contributed by atoms with Crippen molar-refractivity contribution in [1.29, 1.82) is 0 Å². The number of nitrogens with two attached hydrogens (primary N) is 2. The van der Waals surface area contributed by atoms with Crippen LogP contribution in [0.2, 0.25) is 0 Å². The van der Waals surface area contributed by atoms with E-state index in [0.717, 1.165) is 11.6 Å². The molecule has 0 spiro atoms. The summed E-state index contributed by atoms with van der Waals surface area (Å²) in [6, 6.07) is 3.76. The highest BCUT2D eigenvalue weighted by Gasteiger charge is 2.40. The number of aromatic nitrogens is 1. The second-order valence-corrected chi connectivity index (χ2v) is 8.35. The summed E-state index contributed by atoms with van der Waals surface area (Å²) in [7, 11) is -3.20. The number of hydrogen-bond donors (Lipinski definition) is 6. The van der Waals surface area contributed by atoms with Gasteiger partial charge >= 0.3 is 6.18 Å².